The number of rotatable bonds is 7. The van der Waals surface area contributed by atoms with Gasteiger partial charge < -0.3 is 28.6 Å². The van der Waals surface area contributed by atoms with Crippen LogP contribution in [0.1, 0.15) is 32.3 Å². The van der Waals surface area contributed by atoms with Crippen molar-refractivity contribution < 1.29 is 32.9 Å². The normalized spacial score (nSPS) is 20.0. The number of halogens is 1. The highest BCUT2D eigenvalue weighted by Crippen LogP contribution is 2.37. The maximum atomic E-state index is 13.5. The summed E-state index contributed by atoms with van der Waals surface area (Å²) in [6, 6.07) is 12.0. The molecule has 0 spiro atoms. The number of nitrogens with zero attached hydrogens (tertiary/aromatic N) is 1. The summed E-state index contributed by atoms with van der Waals surface area (Å²) in [4.78, 5) is 14.4. The number of fused-ring (bicyclic) bond motifs is 1. The molecular weight excluding hydrogens is 429 g/mol. The SMILES string of the molecule is C.COCC(C)OC(=O)N1CCC(c2ccc(F)cc2)C(COc2ccc3c(c2)OCO3)C1. The van der Waals surface area contributed by atoms with Crippen LogP contribution >= 0.6 is 0 Å². The van der Waals surface area contributed by atoms with Gasteiger partial charge in [-0.1, -0.05) is 19.6 Å². The molecule has 0 N–H and O–H groups in total. The van der Waals surface area contributed by atoms with Gasteiger partial charge in [0.05, 0.1) is 13.2 Å². The monoisotopic (exact) mass is 461 g/mol. The van der Waals surface area contributed by atoms with Crippen molar-refractivity contribution in [1.82, 2.24) is 4.90 Å². The molecule has 0 bridgehead atoms. The Bertz CT molecular complexity index is 922. The standard InChI is InChI=1S/C24H28FNO6.CH4/c1-16(13-28-2)32-24(27)26-10-9-21(17-3-5-19(25)6-4-17)18(12-26)14-29-20-7-8-22-23(11-20)31-15-30-22;/h3-8,11,16,18,21H,9-10,12-15H2,1-2H3;1H4. The summed E-state index contributed by atoms with van der Waals surface area (Å²) in [7, 11) is 1.57. The number of amides is 1. The summed E-state index contributed by atoms with van der Waals surface area (Å²) < 4.78 is 40.8. The smallest absolute Gasteiger partial charge is 0.410 e. The van der Waals surface area contributed by atoms with Crippen molar-refractivity contribution in [2.24, 2.45) is 5.92 Å². The van der Waals surface area contributed by atoms with Gasteiger partial charge in [0.15, 0.2) is 11.5 Å². The zero-order valence-corrected chi connectivity index (χ0v) is 18.3. The van der Waals surface area contributed by atoms with Crippen LogP contribution in [0.25, 0.3) is 0 Å². The minimum Gasteiger partial charge on any atom is -0.493 e. The van der Waals surface area contributed by atoms with E-state index in [9.17, 15) is 9.18 Å². The van der Waals surface area contributed by atoms with Crippen LogP contribution in [0.2, 0.25) is 0 Å². The average molecular weight is 462 g/mol. The van der Waals surface area contributed by atoms with Crippen LogP contribution in [0.4, 0.5) is 9.18 Å². The van der Waals surface area contributed by atoms with E-state index in [0.717, 1.165) is 12.0 Å². The Hall–Kier alpha value is -3.00. The minimum absolute atomic E-state index is 0. The van der Waals surface area contributed by atoms with Gasteiger partial charge in [0.1, 0.15) is 17.7 Å². The number of methoxy groups -OCH3 is 1. The summed E-state index contributed by atoms with van der Waals surface area (Å²) in [5.41, 5.74) is 1.03. The molecule has 180 valence electrons. The summed E-state index contributed by atoms with van der Waals surface area (Å²) in [5.74, 6) is 1.88. The molecule has 0 radical (unpaired) electrons. The second-order valence-electron chi connectivity index (χ2n) is 8.13. The highest BCUT2D eigenvalue weighted by molar-refractivity contribution is 5.68. The molecule has 0 saturated carbocycles. The van der Waals surface area contributed by atoms with Gasteiger partial charge in [-0.25, -0.2) is 9.18 Å². The molecule has 2 aromatic rings. The third-order valence-corrected chi connectivity index (χ3v) is 5.80. The number of ether oxygens (including phenoxy) is 5. The minimum atomic E-state index is -0.361. The fourth-order valence-corrected chi connectivity index (χ4v) is 4.20. The first-order chi connectivity index (χ1) is 15.5. The highest BCUT2D eigenvalue weighted by Gasteiger charge is 2.34. The molecule has 8 heteroatoms. The molecular formula is C25H32FNO6. The molecule has 2 aliphatic heterocycles. The van der Waals surface area contributed by atoms with E-state index in [0.29, 0.717) is 43.6 Å². The molecule has 0 aromatic heterocycles. The van der Waals surface area contributed by atoms with Crippen LogP contribution in [0.15, 0.2) is 42.5 Å². The van der Waals surface area contributed by atoms with E-state index in [2.05, 4.69) is 0 Å². The molecule has 1 fully saturated rings. The first kappa shape index (κ1) is 24.6. The topological polar surface area (TPSA) is 66.5 Å². The number of carbonyl (C=O) groups excluding carboxylic acids is 1. The van der Waals surface area contributed by atoms with Gasteiger partial charge >= 0.3 is 6.09 Å². The first-order valence-corrected chi connectivity index (χ1v) is 10.8. The van der Waals surface area contributed by atoms with Crippen molar-refractivity contribution in [3.8, 4) is 17.2 Å². The molecule has 2 heterocycles. The van der Waals surface area contributed by atoms with Crippen molar-refractivity contribution in [3.05, 3.63) is 53.8 Å². The highest BCUT2D eigenvalue weighted by atomic mass is 19.1. The predicted molar refractivity (Wildman–Crippen MR) is 121 cm³/mol. The molecule has 33 heavy (non-hydrogen) atoms. The van der Waals surface area contributed by atoms with Crippen LogP contribution in [-0.4, -0.2) is 57.3 Å². The van der Waals surface area contributed by atoms with Crippen molar-refractivity contribution in [3.63, 3.8) is 0 Å². The Morgan fingerprint density at radius 1 is 1.18 bits per heavy atom. The van der Waals surface area contributed by atoms with Gasteiger partial charge in [-0.2, -0.15) is 0 Å². The first-order valence-electron chi connectivity index (χ1n) is 10.8. The summed E-state index contributed by atoms with van der Waals surface area (Å²) in [5, 5.41) is 0. The van der Waals surface area contributed by atoms with E-state index in [4.69, 9.17) is 23.7 Å². The molecule has 7 nitrogen and oxygen atoms in total. The Balaban J connectivity index is 0.00000306. The number of carbonyl (C=O) groups is 1. The molecule has 4 rings (SSSR count). The Morgan fingerprint density at radius 3 is 2.70 bits per heavy atom. The third-order valence-electron chi connectivity index (χ3n) is 5.80. The van der Waals surface area contributed by atoms with Gasteiger partial charge in [-0.3, -0.25) is 0 Å². The summed E-state index contributed by atoms with van der Waals surface area (Å²) in [6.45, 7) is 3.76. The lowest BCUT2D eigenvalue weighted by atomic mass is 9.81. The van der Waals surface area contributed by atoms with Gasteiger partial charge in [-0.05, 0) is 49.1 Å². The van der Waals surface area contributed by atoms with E-state index >= 15 is 0 Å². The quantitative estimate of drug-likeness (QED) is 0.588. The lowest BCUT2D eigenvalue weighted by Crippen LogP contribution is -2.46. The average Bonchev–Trinajstić information content (AvgIpc) is 3.26. The molecule has 0 aliphatic carbocycles. The Labute approximate surface area is 194 Å². The number of piperidine rings is 1. The van der Waals surface area contributed by atoms with Crippen molar-refractivity contribution >= 4 is 6.09 Å². The van der Waals surface area contributed by atoms with Gasteiger partial charge in [0.25, 0.3) is 0 Å². The van der Waals surface area contributed by atoms with Gasteiger partial charge in [0.2, 0.25) is 6.79 Å². The number of hydrogen-bond acceptors (Lipinski definition) is 6. The summed E-state index contributed by atoms with van der Waals surface area (Å²) >= 11 is 0. The largest absolute Gasteiger partial charge is 0.493 e. The second kappa shape index (κ2) is 11.2. The van der Waals surface area contributed by atoms with Gasteiger partial charge in [-0.15, -0.1) is 0 Å². The fraction of sp³-hybridized carbons (Fsp3) is 0.480. The zero-order valence-electron chi connectivity index (χ0n) is 18.3. The molecule has 3 unspecified atom stereocenters. The number of hydrogen-bond donors (Lipinski definition) is 0. The van der Waals surface area contributed by atoms with Crippen LogP contribution in [0.5, 0.6) is 17.2 Å². The van der Waals surface area contributed by atoms with E-state index < -0.39 is 0 Å². The zero-order chi connectivity index (χ0) is 22.5. The Morgan fingerprint density at radius 2 is 1.94 bits per heavy atom. The van der Waals surface area contributed by atoms with E-state index in [1.807, 2.05) is 24.3 Å². The van der Waals surface area contributed by atoms with Crippen LogP contribution in [-0.2, 0) is 9.47 Å². The van der Waals surface area contributed by atoms with E-state index in [1.54, 1.807) is 25.0 Å². The number of likely N-dealkylation sites (tertiary alicyclic amines) is 1. The summed E-state index contributed by atoms with van der Waals surface area (Å²) in [6.07, 6.45) is 0.0417. The van der Waals surface area contributed by atoms with E-state index in [-0.39, 0.29) is 44.1 Å². The Kier molecular flexibility index (Phi) is 8.38. The maximum Gasteiger partial charge on any atom is 0.410 e. The molecule has 3 atom stereocenters. The van der Waals surface area contributed by atoms with Crippen molar-refractivity contribution in [2.75, 3.05) is 40.2 Å². The fourth-order valence-electron chi connectivity index (χ4n) is 4.20. The van der Waals surface area contributed by atoms with Crippen molar-refractivity contribution in [1.29, 1.82) is 0 Å². The lowest BCUT2D eigenvalue weighted by Gasteiger charge is -2.38. The molecule has 1 saturated heterocycles. The lowest BCUT2D eigenvalue weighted by molar-refractivity contribution is 0.0166. The van der Waals surface area contributed by atoms with Crippen LogP contribution < -0.4 is 14.2 Å². The number of benzene rings is 2. The second-order valence-corrected chi connectivity index (χ2v) is 8.13. The molecule has 2 aliphatic rings. The maximum absolute atomic E-state index is 13.5. The molecule has 2 aromatic carbocycles. The van der Waals surface area contributed by atoms with Crippen LogP contribution in [0, 0.1) is 11.7 Å². The predicted octanol–water partition coefficient (Wildman–Crippen LogP) is 4.85. The van der Waals surface area contributed by atoms with Gasteiger partial charge in [0, 0.05) is 32.2 Å². The van der Waals surface area contributed by atoms with E-state index in [1.165, 1.54) is 12.1 Å². The van der Waals surface area contributed by atoms with Crippen LogP contribution in [0.3, 0.4) is 0 Å². The molecule has 1 amide bonds. The van der Waals surface area contributed by atoms with Crippen molar-refractivity contribution in [2.45, 2.75) is 32.8 Å². The third kappa shape index (κ3) is 6.07.